The molecule has 0 aliphatic heterocycles. The van der Waals surface area contributed by atoms with Crippen LogP contribution in [0.15, 0.2) is 18.2 Å². The quantitative estimate of drug-likeness (QED) is 0.835. The zero-order valence-corrected chi connectivity index (χ0v) is 10.1. The summed E-state index contributed by atoms with van der Waals surface area (Å²) in [6.45, 7) is 2.16. The van der Waals surface area contributed by atoms with Gasteiger partial charge >= 0.3 is 0 Å². The number of hydrogen-bond acceptors (Lipinski definition) is 2. The van der Waals surface area contributed by atoms with E-state index in [-0.39, 0.29) is 6.04 Å². The van der Waals surface area contributed by atoms with Crippen LogP contribution in [0.5, 0.6) is 5.75 Å². The van der Waals surface area contributed by atoms with Crippen LogP contribution >= 0.6 is 11.6 Å². The smallest absolute Gasteiger partial charge is 0.137 e. The Morgan fingerprint density at radius 2 is 2.20 bits per heavy atom. The van der Waals surface area contributed by atoms with Crippen LogP contribution < -0.4 is 10.5 Å². The Labute approximate surface area is 96.4 Å². The molecule has 1 rings (SSSR count). The Hall–Kier alpha value is -0.730. The standard InChI is InChI=1S/C12H18ClNO/c1-3-4-5-11(14)9-6-7-10(13)12(8-9)15-2/h6-8,11H,3-5,14H2,1-2H3/t11-/m1/s1. The second-order valence-electron chi connectivity index (χ2n) is 3.64. The van der Waals surface area contributed by atoms with Gasteiger partial charge in [-0.3, -0.25) is 0 Å². The van der Waals surface area contributed by atoms with Gasteiger partial charge in [0.05, 0.1) is 12.1 Å². The van der Waals surface area contributed by atoms with Gasteiger partial charge in [-0.1, -0.05) is 37.4 Å². The number of halogens is 1. The zero-order chi connectivity index (χ0) is 11.3. The molecule has 0 fully saturated rings. The van der Waals surface area contributed by atoms with E-state index in [1.165, 1.54) is 6.42 Å². The van der Waals surface area contributed by atoms with Crippen molar-refractivity contribution in [1.29, 1.82) is 0 Å². The minimum absolute atomic E-state index is 0.0797. The van der Waals surface area contributed by atoms with E-state index in [1.807, 2.05) is 18.2 Å². The predicted molar refractivity (Wildman–Crippen MR) is 64.5 cm³/mol. The zero-order valence-electron chi connectivity index (χ0n) is 9.29. The lowest BCUT2D eigenvalue weighted by molar-refractivity contribution is 0.413. The van der Waals surface area contributed by atoms with E-state index >= 15 is 0 Å². The third-order valence-corrected chi connectivity index (χ3v) is 2.78. The molecular formula is C12H18ClNO. The van der Waals surface area contributed by atoms with Crippen molar-refractivity contribution in [2.45, 2.75) is 32.2 Å². The molecule has 0 saturated heterocycles. The lowest BCUT2D eigenvalue weighted by Gasteiger charge is -2.13. The van der Waals surface area contributed by atoms with Crippen LogP contribution in [0.25, 0.3) is 0 Å². The van der Waals surface area contributed by atoms with Gasteiger partial charge in [-0.2, -0.15) is 0 Å². The molecule has 0 spiro atoms. The van der Waals surface area contributed by atoms with Gasteiger partial charge in [0, 0.05) is 6.04 Å². The van der Waals surface area contributed by atoms with Gasteiger partial charge in [0.2, 0.25) is 0 Å². The first-order valence-corrected chi connectivity index (χ1v) is 5.65. The molecule has 0 aliphatic rings. The van der Waals surface area contributed by atoms with Crippen LogP contribution in [0, 0.1) is 0 Å². The Balaban J connectivity index is 2.76. The van der Waals surface area contributed by atoms with Crippen LogP contribution in [0.4, 0.5) is 0 Å². The van der Waals surface area contributed by atoms with E-state index in [9.17, 15) is 0 Å². The van der Waals surface area contributed by atoms with Gasteiger partial charge in [0.15, 0.2) is 0 Å². The third kappa shape index (κ3) is 3.40. The molecule has 0 saturated carbocycles. The highest BCUT2D eigenvalue weighted by molar-refractivity contribution is 6.32. The summed E-state index contributed by atoms with van der Waals surface area (Å²) >= 11 is 5.94. The van der Waals surface area contributed by atoms with E-state index in [0.717, 1.165) is 18.4 Å². The Kier molecular flexibility index (Phi) is 4.92. The summed E-state index contributed by atoms with van der Waals surface area (Å²) < 4.78 is 5.15. The largest absolute Gasteiger partial charge is 0.495 e. The van der Waals surface area contributed by atoms with E-state index in [2.05, 4.69) is 6.92 Å². The summed E-state index contributed by atoms with van der Waals surface area (Å²) in [6.07, 6.45) is 3.31. The molecule has 1 atom stereocenters. The predicted octanol–water partition coefficient (Wildman–Crippen LogP) is 3.54. The monoisotopic (exact) mass is 227 g/mol. The highest BCUT2D eigenvalue weighted by Crippen LogP contribution is 2.28. The first-order valence-electron chi connectivity index (χ1n) is 5.28. The summed E-state index contributed by atoms with van der Waals surface area (Å²) in [5, 5.41) is 0.629. The maximum Gasteiger partial charge on any atom is 0.137 e. The van der Waals surface area contributed by atoms with Gasteiger partial charge in [0.1, 0.15) is 5.75 Å². The van der Waals surface area contributed by atoms with E-state index in [0.29, 0.717) is 10.8 Å². The van der Waals surface area contributed by atoms with E-state index < -0.39 is 0 Å². The van der Waals surface area contributed by atoms with Crippen LogP contribution in [0.3, 0.4) is 0 Å². The van der Waals surface area contributed by atoms with Crippen molar-refractivity contribution < 1.29 is 4.74 Å². The molecule has 1 aromatic rings. The average Bonchev–Trinajstić information content (AvgIpc) is 2.26. The van der Waals surface area contributed by atoms with Gasteiger partial charge in [-0.15, -0.1) is 0 Å². The summed E-state index contributed by atoms with van der Waals surface area (Å²) in [5.41, 5.74) is 7.14. The van der Waals surface area contributed by atoms with Gasteiger partial charge in [-0.05, 0) is 24.1 Å². The number of hydrogen-bond donors (Lipinski definition) is 1. The molecule has 0 radical (unpaired) electrons. The second-order valence-corrected chi connectivity index (χ2v) is 4.05. The molecule has 84 valence electrons. The van der Waals surface area contributed by atoms with Crippen LogP contribution in [-0.4, -0.2) is 7.11 Å². The third-order valence-electron chi connectivity index (χ3n) is 2.47. The van der Waals surface area contributed by atoms with Gasteiger partial charge in [0.25, 0.3) is 0 Å². The summed E-state index contributed by atoms with van der Waals surface area (Å²) in [4.78, 5) is 0. The lowest BCUT2D eigenvalue weighted by Crippen LogP contribution is -2.10. The molecule has 0 bridgehead atoms. The molecule has 0 aromatic heterocycles. The fraction of sp³-hybridized carbons (Fsp3) is 0.500. The molecule has 0 heterocycles. The first-order chi connectivity index (χ1) is 7.19. The number of ether oxygens (including phenoxy) is 1. The molecular weight excluding hydrogens is 210 g/mol. The molecule has 15 heavy (non-hydrogen) atoms. The van der Waals surface area contributed by atoms with Gasteiger partial charge in [-0.25, -0.2) is 0 Å². The first kappa shape index (κ1) is 12.3. The van der Waals surface area contributed by atoms with Crippen LogP contribution in [0.2, 0.25) is 5.02 Å². The molecule has 2 nitrogen and oxygen atoms in total. The fourth-order valence-corrected chi connectivity index (χ4v) is 1.69. The van der Waals surface area contributed by atoms with Gasteiger partial charge < -0.3 is 10.5 Å². The molecule has 0 unspecified atom stereocenters. The Morgan fingerprint density at radius 3 is 2.80 bits per heavy atom. The van der Waals surface area contributed by atoms with Crippen molar-refractivity contribution in [2.24, 2.45) is 5.73 Å². The topological polar surface area (TPSA) is 35.2 Å². The fourth-order valence-electron chi connectivity index (χ4n) is 1.50. The Morgan fingerprint density at radius 1 is 1.47 bits per heavy atom. The maximum atomic E-state index is 6.06. The molecule has 0 aliphatic carbocycles. The van der Waals surface area contributed by atoms with Crippen molar-refractivity contribution in [3.8, 4) is 5.75 Å². The van der Waals surface area contributed by atoms with E-state index in [1.54, 1.807) is 7.11 Å². The van der Waals surface area contributed by atoms with Crippen molar-refractivity contribution in [3.63, 3.8) is 0 Å². The normalized spacial score (nSPS) is 12.5. The highest BCUT2D eigenvalue weighted by Gasteiger charge is 2.08. The number of rotatable bonds is 5. The molecule has 1 aromatic carbocycles. The van der Waals surface area contributed by atoms with Crippen LogP contribution in [-0.2, 0) is 0 Å². The number of methoxy groups -OCH3 is 1. The minimum Gasteiger partial charge on any atom is -0.495 e. The molecule has 2 N–H and O–H groups in total. The lowest BCUT2D eigenvalue weighted by atomic mass is 10.0. The van der Waals surface area contributed by atoms with Crippen molar-refractivity contribution >= 4 is 11.6 Å². The maximum absolute atomic E-state index is 6.06. The highest BCUT2D eigenvalue weighted by atomic mass is 35.5. The summed E-state index contributed by atoms with van der Waals surface area (Å²) in [6, 6.07) is 5.80. The molecule has 0 amide bonds. The molecule has 3 heteroatoms. The van der Waals surface area contributed by atoms with Crippen molar-refractivity contribution in [1.82, 2.24) is 0 Å². The number of nitrogens with two attached hydrogens (primary N) is 1. The van der Waals surface area contributed by atoms with Crippen molar-refractivity contribution in [2.75, 3.05) is 7.11 Å². The van der Waals surface area contributed by atoms with E-state index in [4.69, 9.17) is 22.1 Å². The summed E-state index contributed by atoms with van der Waals surface area (Å²) in [5.74, 6) is 0.695. The number of benzene rings is 1. The second kappa shape index (κ2) is 5.99. The van der Waals surface area contributed by atoms with Crippen LogP contribution in [0.1, 0.15) is 37.8 Å². The number of unbranched alkanes of at least 4 members (excludes halogenated alkanes) is 1. The SMILES string of the molecule is CCCC[C@@H](N)c1ccc(Cl)c(OC)c1. The Bertz CT molecular complexity index is 314. The summed E-state index contributed by atoms with van der Waals surface area (Å²) in [7, 11) is 1.61. The van der Waals surface area contributed by atoms with Crippen molar-refractivity contribution in [3.05, 3.63) is 28.8 Å². The minimum atomic E-state index is 0.0797. The average molecular weight is 228 g/mol.